The molecular weight excluding hydrogens is 330 g/mol. The molecule has 0 bridgehead atoms. The third-order valence-electron chi connectivity index (χ3n) is 4.10. The summed E-state index contributed by atoms with van der Waals surface area (Å²) in [7, 11) is 0. The molecule has 2 heterocycles. The van der Waals surface area contributed by atoms with Gasteiger partial charge in [-0.1, -0.05) is 0 Å². The van der Waals surface area contributed by atoms with Crippen LogP contribution in [-0.4, -0.2) is 70.5 Å². The summed E-state index contributed by atoms with van der Waals surface area (Å²) in [6.45, 7) is 11.9. The minimum Gasteiger partial charge on any atom is -0.444 e. The molecule has 0 aliphatic carbocycles. The van der Waals surface area contributed by atoms with Crippen molar-refractivity contribution in [3.8, 4) is 0 Å². The minimum atomic E-state index is -1.26. The fraction of sp³-hybridized carbons (Fsp3) is 0.882. The SMILES string of the molecule is CC(C)(C)OC(=O)N1[C@H]([C@H](O)[C@@H]2OC(C)(C)OCC2=O)COC1(C)C. The molecule has 2 rings (SSSR count). The molecule has 0 saturated carbocycles. The molecule has 1 N–H and O–H groups in total. The van der Waals surface area contributed by atoms with Gasteiger partial charge in [0.05, 0.1) is 12.6 Å². The van der Waals surface area contributed by atoms with E-state index >= 15 is 0 Å². The highest BCUT2D eigenvalue weighted by atomic mass is 16.7. The second-order valence-electron chi connectivity index (χ2n) is 8.36. The van der Waals surface area contributed by atoms with Crippen molar-refractivity contribution in [3.63, 3.8) is 0 Å². The Morgan fingerprint density at radius 2 is 1.88 bits per heavy atom. The quantitative estimate of drug-likeness (QED) is 0.797. The van der Waals surface area contributed by atoms with Crippen molar-refractivity contribution in [2.75, 3.05) is 13.2 Å². The van der Waals surface area contributed by atoms with E-state index in [-0.39, 0.29) is 19.0 Å². The van der Waals surface area contributed by atoms with Gasteiger partial charge in [-0.2, -0.15) is 0 Å². The maximum Gasteiger partial charge on any atom is 0.412 e. The van der Waals surface area contributed by atoms with Crippen LogP contribution in [0.3, 0.4) is 0 Å². The van der Waals surface area contributed by atoms with E-state index in [1.807, 2.05) is 0 Å². The number of rotatable bonds is 2. The first-order valence-electron chi connectivity index (χ1n) is 8.42. The molecule has 3 atom stereocenters. The van der Waals surface area contributed by atoms with Crippen molar-refractivity contribution >= 4 is 11.9 Å². The molecule has 0 aromatic rings. The largest absolute Gasteiger partial charge is 0.444 e. The van der Waals surface area contributed by atoms with Gasteiger partial charge in [0.15, 0.2) is 11.6 Å². The average Bonchev–Trinajstić information content (AvgIpc) is 2.74. The Morgan fingerprint density at radius 3 is 2.44 bits per heavy atom. The third kappa shape index (κ3) is 4.49. The monoisotopic (exact) mass is 359 g/mol. The zero-order valence-electron chi connectivity index (χ0n) is 16.0. The second kappa shape index (κ2) is 6.50. The number of aliphatic hydroxyl groups is 1. The van der Waals surface area contributed by atoms with Gasteiger partial charge in [0.25, 0.3) is 0 Å². The van der Waals surface area contributed by atoms with Gasteiger partial charge in [0.1, 0.15) is 30.1 Å². The standard InChI is InChI=1S/C17H29NO7/c1-15(2,3)25-14(21)18-10(8-22-16(18,4)5)12(20)13-11(19)9-23-17(6,7)24-13/h10,12-13,20H,8-9H2,1-7H3/t10-,12-,13+/m0/s1. The maximum atomic E-state index is 12.6. The number of nitrogens with zero attached hydrogens (tertiary/aromatic N) is 1. The van der Waals surface area contributed by atoms with Crippen LogP contribution in [0.1, 0.15) is 48.5 Å². The van der Waals surface area contributed by atoms with Crippen LogP contribution in [0.4, 0.5) is 4.79 Å². The lowest BCUT2D eigenvalue weighted by Crippen LogP contribution is -2.60. The number of Topliss-reactive ketones (excluding diaryl/α,β-unsaturated/α-hetero) is 1. The molecule has 2 aliphatic heterocycles. The summed E-state index contributed by atoms with van der Waals surface area (Å²) in [5, 5.41) is 10.8. The van der Waals surface area contributed by atoms with Gasteiger partial charge in [0, 0.05) is 0 Å². The summed E-state index contributed by atoms with van der Waals surface area (Å²) in [5.41, 5.74) is -1.67. The highest BCUT2D eigenvalue weighted by Crippen LogP contribution is 2.33. The lowest BCUT2D eigenvalue weighted by Gasteiger charge is -2.41. The fourth-order valence-electron chi connectivity index (χ4n) is 2.94. The summed E-state index contributed by atoms with van der Waals surface area (Å²) in [6.07, 6.45) is -2.97. The van der Waals surface area contributed by atoms with Crippen molar-refractivity contribution < 1.29 is 33.6 Å². The van der Waals surface area contributed by atoms with E-state index < -0.39 is 41.5 Å². The van der Waals surface area contributed by atoms with E-state index in [4.69, 9.17) is 18.9 Å². The first-order valence-corrected chi connectivity index (χ1v) is 8.42. The number of ether oxygens (including phenoxy) is 4. The van der Waals surface area contributed by atoms with Gasteiger partial charge in [-0.05, 0) is 48.5 Å². The van der Waals surface area contributed by atoms with Gasteiger partial charge in [-0.25, -0.2) is 4.79 Å². The molecule has 2 aliphatic rings. The van der Waals surface area contributed by atoms with Gasteiger partial charge in [-0.15, -0.1) is 0 Å². The highest BCUT2D eigenvalue weighted by molar-refractivity contribution is 5.85. The van der Waals surface area contributed by atoms with Gasteiger partial charge < -0.3 is 24.1 Å². The van der Waals surface area contributed by atoms with Crippen LogP contribution in [0, 0.1) is 0 Å². The summed E-state index contributed by atoms with van der Waals surface area (Å²) in [4.78, 5) is 26.1. The van der Waals surface area contributed by atoms with Gasteiger partial charge in [-0.3, -0.25) is 9.69 Å². The van der Waals surface area contributed by atoms with Crippen LogP contribution in [0.15, 0.2) is 0 Å². The number of hydrogen-bond donors (Lipinski definition) is 1. The van der Waals surface area contributed by atoms with Crippen LogP contribution in [0.25, 0.3) is 0 Å². The molecular formula is C17H29NO7. The van der Waals surface area contributed by atoms with Crippen LogP contribution in [-0.2, 0) is 23.7 Å². The topological polar surface area (TPSA) is 94.5 Å². The fourth-order valence-corrected chi connectivity index (χ4v) is 2.94. The van der Waals surface area contributed by atoms with Crippen molar-refractivity contribution in [1.29, 1.82) is 0 Å². The lowest BCUT2D eigenvalue weighted by molar-refractivity contribution is -0.273. The summed E-state index contributed by atoms with van der Waals surface area (Å²) < 4.78 is 22.0. The first kappa shape index (κ1) is 20.1. The minimum absolute atomic E-state index is 0.0713. The van der Waals surface area contributed by atoms with Crippen LogP contribution in [0.2, 0.25) is 0 Å². The van der Waals surface area contributed by atoms with E-state index in [9.17, 15) is 14.7 Å². The molecule has 1 amide bonds. The first-order chi connectivity index (χ1) is 11.2. The van der Waals surface area contributed by atoms with Crippen molar-refractivity contribution in [1.82, 2.24) is 4.90 Å². The van der Waals surface area contributed by atoms with E-state index in [0.717, 1.165) is 0 Å². The Hall–Kier alpha value is -1.22. The second-order valence-corrected chi connectivity index (χ2v) is 8.36. The highest BCUT2D eigenvalue weighted by Gasteiger charge is 2.52. The molecule has 144 valence electrons. The van der Waals surface area contributed by atoms with Gasteiger partial charge in [0.2, 0.25) is 0 Å². The molecule has 0 aromatic heterocycles. The number of carbonyl (C=O) groups excluding carboxylic acids is 2. The normalized spacial score (nSPS) is 30.2. The van der Waals surface area contributed by atoms with Crippen molar-refractivity contribution in [3.05, 3.63) is 0 Å². The van der Waals surface area contributed by atoms with Crippen LogP contribution in [0.5, 0.6) is 0 Å². The number of carbonyl (C=O) groups is 2. The predicted molar refractivity (Wildman–Crippen MR) is 87.8 cm³/mol. The van der Waals surface area contributed by atoms with Crippen molar-refractivity contribution in [2.24, 2.45) is 0 Å². The van der Waals surface area contributed by atoms with Gasteiger partial charge >= 0.3 is 6.09 Å². The molecule has 8 heteroatoms. The molecule has 0 aromatic carbocycles. The Labute approximate surface area is 148 Å². The molecule has 25 heavy (non-hydrogen) atoms. The molecule has 8 nitrogen and oxygen atoms in total. The summed E-state index contributed by atoms with van der Waals surface area (Å²) in [6, 6.07) is -0.771. The average molecular weight is 359 g/mol. The Morgan fingerprint density at radius 1 is 1.28 bits per heavy atom. The molecule has 0 radical (unpaired) electrons. The summed E-state index contributed by atoms with van der Waals surface area (Å²) >= 11 is 0. The maximum absolute atomic E-state index is 12.6. The van der Waals surface area contributed by atoms with Crippen molar-refractivity contribution in [2.45, 2.75) is 83.8 Å². The van der Waals surface area contributed by atoms with Crippen LogP contribution >= 0.6 is 0 Å². The molecule has 0 unspecified atom stereocenters. The lowest BCUT2D eigenvalue weighted by atomic mass is 10.00. The third-order valence-corrected chi connectivity index (χ3v) is 4.10. The van der Waals surface area contributed by atoms with E-state index in [0.29, 0.717) is 0 Å². The zero-order chi connectivity index (χ0) is 19.2. The Bertz CT molecular complexity index is 538. The van der Waals surface area contributed by atoms with E-state index in [1.165, 1.54) is 4.90 Å². The number of aliphatic hydroxyl groups excluding tert-OH is 1. The predicted octanol–water partition coefficient (Wildman–Crippen LogP) is 1.44. The summed E-state index contributed by atoms with van der Waals surface area (Å²) in [5.74, 6) is -1.37. The Kier molecular flexibility index (Phi) is 5.22. The van der Waals surface area contributed by atoms with E-state index in [2.05, 4.69) is 0 Å². The number of ketones is 1. The Balaban J connectivity index is 2.23. The van der Waals surface area contributed by atoms with Crippen LogP contribution < -0.4 is 0 Å². The molecule has 0 spiro atoms. The number of hydrogen-bond acceptors (Lipinski definition) is 7. The molecule has 2 fully saturated rings. The number of amides is 1. The zero-order valence-corrected chi connectivity index (χ0v) is 16.0. The van der Waals surface area contributed by atoms with E-state index in [1.54, 1.807) is 48.5 Å². The smallest absolute Gasteiger partial charge is 0.412 e. The molecule has 2 saturated heterocycles.